The lowest BCUT2D eigenvalue weighted by atomic mass is 10.1. The molecule has 0 N–H and O–H groups in total. The normalized spacial score (nSPS) is 10.7. The highest BCUT2D eigenvalue weighted by Gasteiger charge is 2.11. The van der Waals surface area contributed by atoms with Gasteiger partial charge < -0.3 is 13.9 Å². The molecule has 6 heteroatoms. The fraction of sp³-hybridized carbons (Fsp3) is 0.0833. The average molecular weight is 465 g/mol. The van der Waals surface area contributed by atoms with Crippen LogP contribution in [-0.2, 0) is 4.79 Å². The second-order valence-corrected chi connectivity index (χ2v) is 7.53. The van der Waals surface area contributed by atoms with Crippen LogP contribution in [-0.4, -0.2) is 12.6 Å². The molecule has 0 amide bonds. The first-order chi connectivity index (χ1) is 14.5. The summed E-state index contributed by atoms with van der Waals surface area (Å²) in [6.07, 6.45) is 0. The van der Waals surface area contributed by atoms with Gasteiger partial charge in [0.05, 0.1) is 4.47 Å². The molecular formula is C24H17BrO5. The van der Waals surface area contributed by atoms with Crippen LogP contribution in [0.25, 0.3) is 22.1 Å². The van der Waals surface area contributed by atoms with Crippen molar-refractivity contribution >= 4 is 32.9 Å². The van der Waals surface area contributed by atoms with Gasteiger partial charge in [-0.3, -0.25) is 0 Å². The van der Waals surface area contributed by atoms with Crippen LogP contribution in [0.1, 0.15) is 5.56 Å². The van der Waals surface area contributed by atoms with Crippen molar-refractivity contribution in [2.24, 2.45) is 0 Å². The fourth-order valence-corrected chi connectivity index (χ4v) is 3.59. The Morgan fingerprint density at radius 2 is 1.77 bits per heavy atom. The monoisotopic (exact) mass is 464 g/mol. The quantitative estimate of drug-likeness (QED) is 0.221. The first-order valence-corrected chi connectivity index (χ1v) is 10.0. The maximum Gasteiger partial charge on any atom is 0.349 e. The molecule has 3 aromatic carbocycles. The third-order valence-corrected chi connectivity index (χ3v) is 5.16. The third-order valence-electron chi connectivity index (χ3n) is 4.54. The number of esters is 1. The zero-order valence-electron chi connectivity index (χ0n) is 16.1. The summed E-state index contributed by atoms with van der Waals surface area (Å²) in [5, 5.41) is 0.785. The minimum absolute atomic E-state index is 0.265. The molecule has 0 aliphatic rings. The van der Waals surface area contributed by atoms with Gasteiger partial charge in [0.25, 0.3) is 0 Å². The lowest BCUT2D eigenvalue weighted by molar-refractivity contribution is -0.136. The first kappa shape index (κ1) is 19.9. The highest BCUT2D eigenvalue weighted by Crippen LogP contribution is 2.31. The SMILES string of the molecule is Cc1cc(=O)oc2cc(OC(=O)COc3ccc(-c4ccccc4)cc3Br)ccc12. The summed E-state index contributed by atoms with van der Waals surface area (Å²) >= 11 is 3.48. The molecule has 4 rings (SSSR count). The zero-order chi connectivity index (χ0) is 21.1. The van der Waals surface area contributed by atoms with E-state index in [-0.39, 0.29) is 12.4 Å². The van der Waals surface area contributed by atoms with Crippen LogP contribution in [0.5, 0.6) is 11.5 Å². The van der Waals surface area contributed by atoms with Gasteiger partial charge >= 0.3 is 11.6 Å². The highest BCUT2D eigenvalue weighted by molar-refractivity contribution is 9.10. The lowest BCUT2D eigenvalue weighted by Crippen LogP contribution is -2.17. The van der Waals surface area contributed by atoms with E-state index in [1.807, 2.05) is 49.4 Å². The largest absolute Gasteiger partial charge is 0.481 e. The number of benzene rings is 3. The van der Waals surface area contributed by atoms with E-state index in [4.69, 9.17) is 13.9 Å². The van der Waals surface area contributed by atoms with E-state index in [0.717, 1.165) is 26.5 Å². The smallest absolute Gasteiger partial charge is 0.349 e. The van der Waals surface area contributed by atoms with Crippen LogP contribution in [0, 0.1) is 6.92 Å². The summed E-state index contributed by atoms with van der Waals surface area (Å²) in [5.74, 6) is 0.249. The summed E-state index contributed by atoms with van der Waals surface area (Å²) in [4.78, 5) is 23.7. The Balaban J connectivity index is 1.42. The zero-order valence-corrected chi connectivity index (χ0v) is 17.6. The van der Waals surface area contributed by atoms with Gasteiger partial charge in [-0.1, -0.05) is 36.4 Å². The van der Waals surface area contributed by atoms with Gasteiger partial charge in [-0.15, -0.1) is 0 Å². The summed E-state index contributed by atoms with van der Waals surface area (Å²) in [6.45, 7) is 1.55. The molecule has 0 fully saturated rings. The van der Waals surface area contributed by atoms with E-state index in [2.05, 4.69) is 15.9 Å². The van der Waals surface area contributed by atoms with Crippen LogP contribution in [0.4, 0.5) is 0 Å². The molecule has 0 spiro atoms. The molecule has 150 valence electrons. The Kier molecular flexibility index (Phi) is 5.68. The lowest BCUT2D eigenvalue weighted by Gasteiger charge is -2.10. The predicted molar refractivity (Wildman–Crippen MR) is 118 cm³/mol. The van der Waals surface area contributed by atoms with Crippen molar-refractivity contribution in [3.8, 4) is 22.6 Å². The van der Waals surface area contributed by atoms with Crippen molar-refractivity contribution in [2.75, 3.05) is 6.61 Å². The molecule has 0 radical (unpaired) electrons. The molecule has 0 saturated heterocycles. The summed E-state index contributed by atoms with van der Waals surface area (Å²) in [6, 6.07) is 21.9. The maximum absolute atomic E-state index is 12.2. The van der Waals surface area contributed by atoms with Gasteiger partial charge in [0, 0.05) is 17.5 Å². The van der Waals surface area contributed by atoms with Gasteiger partial charge in [0.1, 0.15) is 17.1 Å². The molecule has 0 aliphatic heterocycles. The van der Waals surface area contributed by atoms with Crippen LogP contribution >= 0.6 is 15.9 Å². The van der Waals surface area contributed by atoms with E-state index in [1.165, 1.54) is 12.1 Å². The van der Waals surface area contributed by atoms with Crippen molar-refractivity contribution in [2.45, 2.75) is 6.92 Å². The van der Waals surface area contributed by atoms with Gasteiger partial charge in [-0.25, -0.2) is 9.59 Å². The molecular weight excluding hydrogens is 448 g/mol. The Hall–Kier alpha value is -3.38. The van der Waals surface area contributed by atoms with Crippen LogP contribution in [0.3, 0.4) is 0 Å². The van der Waals surface area contributed by atoms with Crippen LogP contribution < -0.4 is 15.1 Å². The predicted octanol–water partition coefficient (Wildman–Crippen LogP) is 5.52. The molecule has 0 atom stereocenters. The van der Waals surface area contributed by atoms with Crippen molar-refractivity contribution in [1.29, 1.82) is 0 Å². The first-order valence-electron chi connectivity index (χ1n) is 9.22. The van der Waals surface area contributed by atoms with E-state index in [9.17, 15) is 9.59 Å². The van der Waals surface area contributed by atoms with Crippen LogP contribution in [0.15, 0.2) is 86.5 Å². The topological polar surface area (TPSA) is 65.7 Å². The third kappa shape index (κ3) is 4.44. The Morgan fingerprint density at radius 3 is 2.53 bits per heavy atom. The number of hydrogen-bond donors (Lipinski definition) is 0. The van der Waals surface area contributed by atoms with Crippen molar-refractivity contribution < 1.29 is 18.7 Å². The molecule has 5 nitrogen and oxygen atoms in total. The summed E-state index contributed by atoms with van der Waals surface area (Å²) in [7, 11) is 0. The van der Waals surface area contributed by atoms with Crippen molar-refractivity contribution in [3.05, 3.63) is 93.3 Å². The van der Waals surface area contributed by atoms with E-state index < -0.39 is 11.6 Å². The molecule has 1 aromatic heterocycles. The minimum Gasteiger partial charge on any atom is -0.481 e. The second kappa shape index (κ2) is 8.55. The molecule has 30 heavy (non-hydrogen) atoms. The number of fused-ring (bicyclic) bond motifs is 1. The van der Waals surface area contributed by atoms with Gasteiger partial charge in [0.2, 0.25) is 0 Å². The summed E-state index contributed by atoms with van der Waals surface area (Å²) in [5.41, 5.74) is 2.83. The van der Waals surface area contributed by atoms with Crippen molar-refractivity contribution in [3.63, 3.8) is 0 Å². The number of aryl methyl sites for hydroxylation is 1. The Bertz CT molecular complexity index is 1280. The molecule has 0 saturated carbocycles. The maximum atomic E-state index is 12.2. The van der Waals surface area contributed by atoms with Gasteiger partial charge in [0.15, 0.2) is 6.61 Å². The number of halogens is 1. The van der Waals surface area contributed by atoms with Gasteiger partial charge in [-0.05, 0) is 63.8 Å². The van der Waals surface area contributed by atoms with Crippen molar-refractivity contribution in [1.82, 2.24) is 0 Å². The standard InChI is InChI=1S/C24H17BrO5/c1-15-11-23(26)30-22-13-18(8-9-19(15)22)29-24(27)14-28-21-10-7-17(12-20(21)25)16-5-3-2-4-6-16/h2-13H,14H2,1H3. The van der Waals surface area contributed by atoms with Crippen LogP contribution in [0.2, 0.25) is 0 Å². The fourth-order valence-electron chi connectivity index (χ4n) is 3.09. The highest BCUT2D eigenvalue weighted by atomic mass is 79.9. The van der Waals surface area contributed by atoms with E-state index >= 15 is 0 Å². The number of carbonyl (C=O) groups excluding carboxylic acids is 1. The average Bonchev–Trinajstić information content (AvgIpc) is 2.73. The Morgan fingerprint density at radius 1 is 0.967 bits per heavy atom. The van der Waals surface area contributed by atoms with Gasteiger partial charge in [-0.2, -0.15) is 0 Å². The number of ether oxygens (including phenoxy) is 2. The van der Waals surface area contributed by atoms with E-state index in [0.29, 0.717) is 11.3 Å². The minimum atomic E-state index is -0.566. The number of rotatable bonds is 5. The molecule has 4 aromatic rings. The number of hydrogen-bond acceptors (Lipinski definition) is 5. The molecule has 0 aliphatic carbocycles. The van der Waals surface area contributed by atoms with E-state index in [1.54, 1.807) is 18.2 Å². The molecule has 0 unspecified atom stereocenters. The molecule has 1 heterocycles. The summed E-state index contributed by atoms with van der Waals surface area (Å²) < 4.78 is 16.8. The number of carbonyl (C=O) groups is 1. The Labute approximate surface area is 181 Å². The molecule has 0 bridgehead atoms. The second-order valence-electron chi connectivity index (χ2n) is 6.68.